The molecule has 0 saturated carbocycles. The second-order valence-corrected chi connectivity index (χ2v) is 7.37. The van der Waals surface area contributed by atoms with Crippen molar-refractivity contribution in [3.05, 3.63) is 89.2 Å². The van der Waals surface area contributed by atoms with Gasteiger partial charge >= 0.3 is 12.3 Å². The minimum atomic E-state index is -4.60. The molecule has 0 spiro atoms. The molecule has 1 aliphatic heterocycles. The van der Waals surface area contributed by atoms with E-state index in [-0.39, 0.29) is 36.4 Å². The summed E-state index contributed by atoms with van der Waals surface area (Å²) in [7, 11) is 0. The molecule has 0 fully saturated rings. The fraction of sp³-hybridized carbons (Fsp3) is 0.208. The Hall–Kier alpha value is -3.55. The van der Waals surface area contributed by atoms with Gasteiger partial charge in [-0.2, -0.15) is 13.2 Å². The van der Waals surface area contributed by atoms with Crippen molar-refractivity contribution >= 4 is 6.09 Å². The Kier molecular flexibility index (Phi) is 6.03. The van der Waals surface area contributed by atoms with Gasteiger partial charge in [0.2, 0.25) is 0 Å². The van der Waals surface area contributed by atoms with Crippen molar-refractivity contribution in [2.24, 2.45) is 0 Å². The van der Waals surface area contributed by atoms with Gasteiger partial charge in [-0.05, 0) is 29.3 Å². The maximum atomic E-state index is 14.2. The first-order valence-corrected chi connectivity index (χ1v) is 9.91. The third kappa shape index (κ3) is 4.85. The molecule has 1 atom stereocenters. The number of hydrogen-bond acceptors (Lipinski definition) is 3. The number of fused-ring (bicyclic) bond motifs is 1. The summed E-state index contributed by atoms with van der Waals surface area (Å²) >= 11 is 0. The molecule has 0 aromatic heterocycles. The summed E-state index contributed by atoms with van der Waals surface area (Å²) in [4.78, 5) is 12.0. The predicted octanol–water partition coefficient (Wildman–Crippen LogP) is 5.74. The van der Waals surface area contributed by atoms with Crippen LogP contribution in [0.1, 0.15) is 16.7 Å². The van der Waals surface area contributed by atoms with Crippen molar-refractivity contribution in [1.29, 1.82) is 0 Å². The first-order chi connectivity index (χ1) is 15.3. The van der Waals surface area contributed by atoms with E-state index in [1.165, 1.54) is 24.3 Å². The average molecular weight is 445 g/mol. The number of carbonyl (C=O) groups is 1. The van der Waals surface area contributed by atoms with E-state index in [9.17, 15) is 22.4 Å². The third-order valence-electron chi connectivity index (χ3n) is 5.07. The Morgan fingerprint density at radius 2 is 1.75 bits per heavy atom. The number of amides is 1. The minimum Gasteiger partial charge on any atom is -0.487 e. The van der Waals surface area contributed by atoms with Crippen molar-refractivity contribution in [2.75, 3.05) is 6.54 Å². The molecule has 1 amide bonds. The first kappa shape index (κ1) is 21.7. The second-order valence-electron chi connectivity index (χ2n) is 7.37. The van der Waals surface area contributed by atoms with Crippen molar-refractivity contribution < 1.29 is 31.8 Å². The number of benzene rings is 3. The number of halogens is 4. The van der Waals surface area contributed by atoms with Crippen LogP contribution < -0.4 is 10.1 Å². The molecule has 1 heterocycles. The topological polar surface area (TPSA) is 47.6 Å². The normalized spacial score (nSPS) is 15.1. The molecular formula is C24H19F4NO3. The molecule has 0 radical (unpaired) electrons. The summed E-state index contributed by atoms with van der Waals surface area (Å²) in [6, 6.07) is 16.4. The molecule has 0 aliphatic carbocycles. The number of ether oxygens (including phenoxy) is 2. The molecule has 166 valence electrons. The van der Waals surface area contributed by atoms with Gasteiger partial charge in [0.15, 0.2) is 0 Å². The molecule has 0 saturated heterocycles. The summed E-state index contributed by atoms with van der Waals surface area (Å²) in [6.45, 7) is 0.159. The van der Waals surface area contributed by atoms with Crippen LogP contribution in [0, 0.1) is 5.82 Å². The standard InChI is InChI=1S/C24H19F4NO3/c25-17-10-16-11-18(13-29-23(30)31-14-15-6-2-1-3-7-15)32-22(16)20(12-17)19-8-4-5-9-21(19)24(26,27)28/h1-10,12,18H,11,13-14H2,(H,29,30). The molecule has 32 heavy (non-hydrogen) atoms. The van der Waals surface area contributed by atoms with Crippen LogP contribution in [-0.4, -0.2) is 18.7 Å². The highest BCUT2D eigenvalue weighted by Crippen LogP contribution is 2.44. The zero-order valence-electron chi connectivity index (χ0n) is 16.8. The Morgan fingerprint density at radius 3 is 2.50 bits per heavy atom. The lowest BCUT2D eigenvalue weighted by Crippen LogP contribution is -2.34. The maximum Gasteiger partial charge on any atom is 0.417 e. The van der Waals surface area contributed by atoms with Crippen molar-refractivity contribution in [3.8, 4) is 16.9 Å². The number of alkyl carbamates (subject to hydrolysis) is 1. The monoisotopic (exact) mass is 445 g/mol. The van der Waals surface area contributed by atoms with E-state index in [1.54, 1.807) is 0 Å². The highest BCUT2D eigenvalue weighted by molar-refractivity contribution is 5.76. The van der Waals surface area contributed by atoms with Gasteiger partial charge in [-0.25, -0.2) is 9.18 Å². The molecular weight excluding hydrogens is 426 g/mol. The summed E-state index contributed by atoms with van der Waals surface area (Å²) in [5, 5.41) is 2.58. The van der Waals surface area contributed by atoms with Gasteiger partial charge in [0, 0.05) is 17.5 Å². The largest absolute Gasteiger partial charge is 0.487 e. The van der Waals surface area contributed by atoms with Crippen LogP contribution in [0.2, 0.25) is 0 Å². The second kappa shape index (κ2) is 8.90. The number of carbonyl (C=O) groups excluding carboxylic acids is 1. The summed E-state index contributed by atoms with van der Waals surface area (Å²) < 4.78 is 65.6. The zero-order chi connectivity index (χ0) is 22.7. The zero-order valence-corrected chi connectivity index (χ0v) is 16.8. The fourth-order valence-electron chi connectivity index (χ4n) is 3.64. The molecule has 3 aromatic carbocycles. The van der Waals surface area contributed by atoms with Crippen molar-refractivity contribution in [3.63, 3.8) is 0 Å². The van der Waals surface area contributed by atoms with Gasteiger partial charge in [-0.1, -0.05) is 48.5 Å². The van der Waals surface area contributed by atoms with E-state index in [1.807, 2.05) is 30.3 Å². The molecule has 1 aliphatic rings. The molecule has 4 rings (SSSR count). The highest BCUT2D eigenvalue weighted by atomic mass is 19.4. The molecule has 3 aromatic rings. The lowest BCUT2D eigenvalue weighted by Gasteiger charge is -2.16. The quantitative estimate of drug-likeness (QED) is 0.510. The van der Waals surface area contributed by atoms with Crippen LogP contribution in [-0.2, 0) is 23.9 Å². The van der Waals surface area contributed by atoms with Gasteiger partial charge in [0.25, 0.3) is 0 Å². The first-order valence-electron chi connectivity index (χ1n) is 9.91. The molecule has 1 unspecified atom stereocenters. The lowest BCUT2D eigenvalue weighted by molar-refractivity contribution is -0.137. The van der Waals surface area contributed by atoms with Crippen LogP contribution in [0.15, 0.2) is 66.7 Å². The predicted molar refractivity (Wildman–Crippen MR) is 110 cm³/mol. The van der Waals surface area contributed by atoms with E-state index in [0.717, 1.165) is 17.7 Å². The van der Waals surface area contributed by atoms with Crippen molar-refractivity contribution in [2.45, 2.75) is 25.3 Å². The van der Waals surface area contributed by atoms with E-state index in [2.05, 4.69) is 5.32 Å². The van der Waals surface area contributed by atoms with Gasteiger partial charge in [0.1, 0.15) is 24.3 Å². The van der Waals surface area contributed by atoms with Gasteiger partial charge < -0.3 is 14.8 Å². The van der Waals surface area contributed by atoms with Crippen LogP contribution in [0.25, 0.3) is 11.1 Å². The summed E-state index contributed by atoms with van der Waals surface area (Å²) in [5.74, 6) is -0.470. The van der Waals surface area contributed by atoms with Crippen LogP contribution in [0.5, 0.6) is 5.75 Å². The smallest absolute Gasteiger partial charge is 0.417 e. The van der Waals surface area contributed by atoms with Crippen LogP contribution >= 0.6 is 0 Å². The Labute approximate surface area is 181 Å². The molecule has 4 nitrogen and oxygen atoms in total. The minimum absolute atomic E-state index is 0.0297. The number of hydrogen-bond donors (Lipinski definition) is 1. The Bertz CT molecular complexity index is 1120. The van der Waals surface area contributed by atoms with E-state index in [0.29, 0.717) is 5.56 Å². The molecule has 8 heteroatoms. The van der Waals surface area contributed by atoms with Crippen LogP contribution in [0.4, 0.5) is 22.4 Å². The third-order valence-corrected chi connectivity index (χ3v) is 5.07. The summed E-state index contributed by atoms with van der Waals surface area (Å²) in [6.07, 6.45) is -5.57. The van der Waals surface area contributed by atoms with E-state index < -0.39 is 29.8 Å². The molecule has 1 N–H and O–H groups in total. The average Bonchev–Trinajstić information content (AvgIpc) is 3.18. The number of nitrogens with one attached hydrogen (secondary N) is 1. The maximum absolute atomic E-state index is 14.2. The summed E-state index contributed by atoms with van der Waals surface area (Å²) in [5.41, 5.74) is 0.272. The number of alkyl halides is 3. The number of rotatable bonds is 5. The van der Waals surface area contributed by atoms with Gasteiger partial charge in [-0.15, -0.1) is 0 Å². The SMILES string of the molecule is O=C(NCC1Cc2cc(F)cc(-c3ccccc3C(F)(F)F)c2O1)OCc1ccccc1. The Morgan fingerprint density at radius 1 is 1.03 bits per heavy atom. The highest BCUT2D eigenvalue weighted by Gasteiger charge is 2.35. The fourth-order valence-corrected chi connectivity index (χ4v) is 3.64. The lowest BCUT2D eigenvalue weighted by atomic mass is 9.96. The van der Waals surface area contributed by atoms with E-state index in [4.69, 9.17) is 9.47 Å². The van der Waals surface area contributed by atoms with Gasteiger partial charge in [0.05, 0.1) is 12.1 Å². The molecule has 0 bridgehead atoms. The van der Waals surface area contributed by atoms with Gasteiger partial charge in [-0.3, -0.25) is 0 Å². The van der Waals surface area contributed by atoms with Crippen molar-refractivity contribution in [1.82, 2.24) is 5.32 Å². The van der Waals surface area contributed by atoms with E-state index >= 15 is 0 Å². The van der Waals surface area contributed by atoms with Crippen LogP contribution in [0.3, 0.4) is 0 Å². The Balaban J connectivity index is 1.46.